The van der Waals surface area contributed by atoms with Gasteiger partial charge in [0.05, 0.1) is 17.3 Å². The maximum Gasteiger partial charge on any atom is 0.276 e. The topological polar surface area (TPSA) is 80.1 Å². The van der Waals surface area contributed by atoms with E-state index in [0.717, 1.165) is 5.56 Å². The first-order chi connectivity index (χ1) is 14.9. The molecule has 0 unspecified atom stereocenters. The number of nitrogens with zero attached hydrogens (tertiary/aromatic N) is 4. The number of amides is 2. The van der Waals surface area contributed by atoms with Gasteiger partial charge >= 0.3 is 0 Å². The monoisotopic (exact) mass is 437 g/mol. The van der Waals surface area contributed by atoms with Crippen molar-refractivity contribution in [3.63, 3.8) is 0 Å². The largest absolute Gasteiger partial charge is 0.339 e. The molecule has 3 heterocycles. The molecule has 1 aliphatic rings. The molecule has 7 nitrogen and oxygen atoms in total. The number of hydrogen-bond donors (Lipinski definition) is 1. The Kier molecular flexibility index (Phi) is 5.69. The van der Waals surface area contributed by atoms with E-state index in [9.17, 15) is 14.0 Å². The van der Waals surface area contributed by atoms with Crippen LogP contribution in [0.1, 0.15) is 34.6 Å². The molecule has 0 saturated carbocycles. The summed E-state index contributed by atoms with van der Waals surface area (Å²) >= 11 is 6.14. The highest BCUT2D eigenvalue weighted by Crippen LogP contribution is 2.26. The highest BCUT2D eigenvalue weighted by molar-refractivity contribution is 6.34. The van der Waals surface area contributed by atoms with Gasteiger partial charge in [0.2, 0.25) is 5.91 Å². The molecule has 1 aromatic carbocycles. The first kappa shape index (κ1) is 20.6. The first-order valence-corrected chi connectivity index (χ1v) is 9.82. The van der Waals surface area contributed by atoms with Crippen LogP contribution in [0.15, 0.2) is 48.8 Å². The third kappa shape index (κ3) is 4.42. The Balaban J connectivity index is 1.49. The van der Waals surface area contributed by atoms with E-state index in [4.69, 9.17) is 11.6 Å². The minimum Gasteiger partial charge on any atom is -0.339 e. The minimum atomic E-state index is -0.721. The van der Waals surface area contributed by atoms with Crippen LogP contribution in [0.3, 0.4) is 0 Å². The van der Waals surface area contributed by atoms with E-state index < -0.39 is 11.7 Å². The second-order valence-electron chi connectivity index (χ2n) is 6.99. The van der Waals surface area contributed by atoms with E-state index in [1.165, 1.54) is 30.1 Å². The summed E-state index contributed by atoms with van der Waals surface area (Å²) in [5.41, 5.74) is 1.26. The molecular formula is C22H17ClFN5O2. The fourth-order valence-corrected chi connectivity index (χ4v) is 3.34. The van der Waals surface area contributed by atoms with E-state index >= 15 is 0 Å². The van der Waals surface area contributed by atoms with E-state index in [0.29, 0.717) is 18.7 Å². The van der Waals surface area contributed by atoms with Crippen LogP contribution in [0.2, 0.25) is 5.02 Å². The lowest BCUT2D eigenvalue weighted by Crippen LogP contribution is -2.50. The summed E-state index contributed by atoms with van der Waals surface area (Å²) in [6, 6.07) is 10.3. The molecule has 9 heteroatoms. The van der Waals surface area contributed by atoms with Gasteiger partial charge in [0.1, 0.15) is 5.69 Å². The Labute approximate surface area is 182 Å². The van der Waals surface area contributed by atoms with Crippen LogP contribution in [0.25, 0.3) is 0 Å². The van der Waals surface area contributed by atoms with Gasteiger partial charge in [-0.25, -0.2) is 9.37 Å². The molecule has 1 N–H and O–H groups in total. The Bertz CT molecular complexity index is 1210. The van der Waals surface area contributed by atoms with E-state index in [1.807, 2.05) is 30.3 Å². The van der Waals surface area contributed by atoms with Crippen LogP contribution in [0, 0.1) is 17.7 Å². The number of benzene rings is 1. The van der Waals surface area contributed by atoms with Crippen LogP contribution in [-0.2, 0) is 4.79 Å². The molecule has 0 aliphatic carbocycles. The molecule has 0 bridgehead atoms. The molecule has 1 saturated heterocycles. The number of carbonyl (C=O) groups excluding carboxylic acids is 2. The number of aromatic nitrogens is 3. The van der Waals surface area contributed by atoms with Crippen molar-refractivity contribution in [2.75, 3.05) is 18.4 Å². The zero-order valence-electron chi connectivity index (χ0n) is 16.5. The maximum absolute atomic E-state index is 14.5. The van der Waals surface area contributed by atoms with Gasteiger partial charge < -0.3 is 10.2 Å². The van der Waals surface area contributed by atoms with Gasteiger partial charge in [-0.1, -0.05) is 41.6 Å². The zero-order chi connectivity index (χ0) is 22.0. The van der Waals surface area contributed by atoms with E-state index in [1.54, 1.807) is 4.90 Å². The fraction of sp³-hybridized carbons (Fsp3) is 0.182. The molecule has 31 heavy (non-hydrogen) atoms. The quantitative estimate of drug-likeness (QED) is 0.638. The predicted octanol–water partition coefficient (Wildman–Crippen LogP) is 3.13. The molecule has 2 amide bonds. The average molecular weight is 438 g/mol. The van der Waals surface area contributed by atoms with Crippen molar-refractivity contribution in [3.8, 4) is 11.8 Å². The van der Waals surface area contributed by atoms with Crippen molar-refractivity contribution < 1.29 is 14.0 Å². The summed E-state index contributed by atoms with van der Waals surface area (Å²) in [5, 5.41) is 6.70. The minimum absolute atomic E-state index is 0.0535. The zero-order valence-corrected chi connectivity index (χ0v) is 17.2. The van der Waals surface area contributed by atoms with Gasteiger partial charge in [-0.05, 0) is 18.2 Å². The summed E-state index contributed by atoms with van der Waals surface area (Å²) in [4.78, 5) is 29.7. The molecule has 2 aromatic heterocycles. The van der Waals surface area contributed by atoms with Crippen molar-refractivity contribution in [1.29, 1.82) is 0 Å². The van der Waals surface area contributed by atoms with Gasteiger partial charge in [0.15, 0.2) is 11.6 Å². The number of pyridine rings is 1. The normalized spacial score (nSPS) is 13.2. The van der Waals surface area contributed by atoms with Gasteiger partial charge in [0, 0.05) is 37.3 Å². The van der Waals surface area contributed by atoms with Crippen molar-refractivity contribution in [3.05, 3.63) is 76.5 Å². The molecular weight excluding hydrogens is 421 g/mol. The van der Waals surface area contributed by atoms with Gasteiger partial charge in [-0.2, -0.15) is 5.10 Å². The number of anilines is 1. The highest BCUT2D eigenvalue weighted by Gasteiger charge is 2.34. The highest BCUT2D eigenvalue weighted by atomic mass is 35.5. The summed E-state index contributed by atoms with van der Waals surface area (Å²) < 4.78 is 16.0. The molecule has 1 aliphatic heterocycles. The predicted molar refractivity (Wildman–Crippen MR) is 113 cm³/mol. The van der Waals surface area contributed by atoms with Gasteiger partial charge in [-0.15, -0.1) is 0 Å². The van der Waals surface area contributed by atoms with Gasteiger partial charge in [-0.3, -0.25) is 14.3 Å². The van der Waals surface area contributed by atoms with Crippen molar-refractivity contribution in [2.45, 2.75) is 13.0 Å². The Hall–Kier alpha value is -3.70. The van der Waals surface area contributed by atoms with Crippen molar-refractivity contribution >= 4 is 29.2 Å². The van der Waals surface area contributed by atoms with Crippen LogP contribution in [0.4, 0.5) is 10.2 Å². The smallest absolute Gasteiger partial charge is 0.276 e. The average Bonchev–Trinajstić information content (AvgIpc) is 3.08. The third-order valence-electron chi connectivity index (χ3n) is 4.82. The fourth-order valence-electron chi connectivity index (χ4n) is 3.13. The summed E-state index contributed by atoms with van der Waals surface area (Å²) in [6.45, 7) is 2.33. The second kappa shape index (κ2) is 8.58. The number of carbonyl (C=O) groups is 2. The SMILES string of the molecule is CC(=O)N1CC(n2ncc(Cl)c2C(=O)Nc2ncc(C#Cc3ccccc3)cc2F)C1. The summed E-state index contributed by atoms with van der Waals surface area (Å²) in [6.07, 6.45) is 2.73. The van der Waals surface area contributed by atoms with E-state index in [2.05, 4.69) is 27.2 Å². The second-order valence-corrected chi connectivity index (χ2v) is 7.40. The van der Waals surface area contributed by atoms with Crippen molar-refractivity contribution in [1.82, 2.24) is 19.7 Å². The molecule has 0 atom stereocenters. The molecule has 0 spiro atoms. The lowest BCUT2D eigenvalue weighted by atomic mass is 10.1. The summed E-state index contributed by atoms with van der Waals surface area (Å²) in [5.74, 6) is 4.11. The number of likely N-dealkylation sites (tertiary alicyclic amines) is 1. The lowest BCUT2D eigenvalue weighted by molar-refractivity contribution is -0.134. The standard InChI is InChI=1S/C22H17ClFN5O2/c1-14(30)28-12-17(13-28)29-20(18(23)11-26-29)22(31)27-21-19(24)9-16(10-25-21)8-7-15-5-3-2-4-6-15/h2-6,9-11,17H,12-13H2,1H3,(H,25,27,31). The number of hydrogen-bond acceptors (Lipinski definition) is 4. The van der Waals surface area contributed by atoms with Crippen LogP contribution < -0.4 is 5.32 Å². The lowest BCUT2D eigenvalue weighted by Gasteiger charge is -2.39. The number of rotatable bonds is 3. The molecule has 4 rings (SSSR count). The number of nitrogens with one attached hydrogen (secondary N) is 1. The third-order valence-corrected chi connectivity index (χ3v) is 5.09. The Morgan fingerprint density at radius 2 is 1.87 bits per heavy atom. The Morgan fingerprint density at radius 1 is 1.16 bits per heavy atom. The molecule has 1 fully saturated rings. The van der Waals surface area contributed by atoms with Crippen LogP contribution in [-0.4, -0.2) is 44.6 Å². The van der Waals surface area contributed by atoms with Gasteiger partial charge in [0.25, 0.3) is 5.91 Å². The van der Waals surface area contributed by atoms with Crippen LogP contribution in [0.5, 0.6) is 0 Å². The van der Waals surface area contributed by atoms with E-state index in [-0.39, 0.29) is 28.5 Å². The summed E-state index contributed by atoms with van der Waals surface area (Å²) in [7, 11) is 0. The molecule has 0 radical (unpaired) electrons. The molecule has 3 aromatic rings. The van der Waals surface area contributed by atoms with Crippen LogP contribution >= 0.6 is 11.6 Å². The Morgan fingerprint density at radius 3 is 2.55 bits per heavy atom. The molecule has 156 valence electrons. The number of halogens is 2. The first-order valence-electron chi connectivity index (χ1n) is 9.45. The van der Waals surface area contributed by atoms with Crippen molar-refractivity contribution in [2.24, 2.45) is 0 Å². The maximum atomic E-state index is 14.5.